The number of pyridine rings is 1. The summed E-state index contributed by atoms with van der Waals surface area (Å²) in [5, 5.41) is 9.77. The van der Waals surface area contributed by atoms with Crippen LogP contribution in [0.1, 0.15) is 16.8 Å². The number of nitrogens with one attached hydrogen (secondary N) is 1. The third-order valence-corrected chi connectivity index (χ3v) is 3.61. The molecule has 2 rings (SSSR count). The van der Waals surface area contributed by atoms with Crippen molar-refractivity contribution in [1.29, 1.82) is 0 Å². The molecule has 18 heavy (non-hydrogen) atoms. The van der Waals surface area contributed by atoms with Gasteiger partial charge in [-0.05, 0) is 20.9 Å². The second-order valence-electron chi connectivity index (χ2n) is 4.99. The fourth-order valence-corrected chi connectivity index (χ4v) is 2.29. The summed E-state index contributed by atoms with van der Waals surface area (Å²) in [7, 11) is 1.93. The minimum Gasteiger partial charge on any atom is -0.389 e. The summed E-state index contributed by atoms with van der Waals surface area (Å²) in [6, 6.07) is -0.00537. The monoisotopic (exact) mass is 252 g/mol. The Morgan fingerprint density at radius 3 is 2.83 bits per heavy atom. The number of hydrogen-bond donors (Lipinski definition) is 2. The maximum atomic E-state index is 11.8. The highest BCUT2D eigenvalue weighted by Crippen LogP contribution is 2.14. The van der Waals surface area contributed by atoms with Crippen molar-refractivity contribution < 1.29 is 9.84 Å². The van der Waals surface area contributed by atoms with E-state index < -0.39 is 6.10 Å². The number of aromatic amines is 1. The van der Waals surface area contributed by atoms with Crippen molar-refractivity contribution in [3.05, 3.63) is 33.2 Å². The second-order valence-corrected chi connectivity index (χ2v) is 4.99. The normalized spacial score (nSPS) is 23.8. The predicted molar refractivity (Wildman–Crippen MR) is 68.6 cm³/mol. The van der Waals surface area contributed by atoms with Gasteiger partial charge < -0.3 is 14.8 Å². The molecule has 1 aliphatic rings. The van der Waals surface area contributed by atoms with Crippen molar-refractivity contribution in [3.63, 3.8) is 0 Å². The van der Waals surface area contributed by atoms with Gasteiger partial charge in [-0.2, -0.15) is 0 Å². The molecule has 5 nitrogen and oxygen atoms in total. The van der Waals surface area contributed by atoms with Gasteiger partial charge in [-0.25, -0.2) is 0 Å². The zero-order chi connectivity index (χ0) is 13.3. The van der Waals surface area contributed by atoms with Crippen LogP contribution in [0.2, 0.25) is 0 Å². The number of rotatable bonds is 3. The van der Waals surface area contributed by atoms with Gasteiger partial charge in [-0.15, -0.1) is 0 Å². The van der Waals surface area contributed by atoms with Crippen LogP contribution in [0.3, 0.4) is 0 Å². The standard InChI is InChI=1S/C13H20N2O3/c1-8-4-14-10(9(2)13(8)17)5-15(3)11-6-18-7-12(11)16/h4,11-12,16H,5-7H2,1-3H3,(H,14,17)/t11-,12-/m0/s1. The highest BCUT2D eigenvalue weighted by Gasteiger charge is 2.29. The number of aliphatic hydroxyl groups is 1. The van der Waals surface area contributed by atoms with Gasteiger partial charge in [0.2, 0.25) is 0 Å². The number of H-pyrrole nitrogens is 1. The number of likely N-dealkylation sites (N-methyl/N-ethyl adjacent to an activating group) is 1. The Hall–Kier alpha value is -1.17. The topological polar surface area (TPSA) is 65.6 Å². The summed E-state index contributed by atoms with van der Waals surface area (Å²) in [4.78, 5) is 17.0. The molecule has 2 N–H and O–H groups in total. The van der Waals surface area contributed by atoms with Gasteiger partial charge >= 0.3 is 0 Å². The SMILES string of the molecule is Cc1c[nH]c(CN(C)[C@H]2COC[C@@H]2O)c(C)c1=O. The van der Waals surface area contributed by atoms with Crippen molar-refractivity contribution in [2.75, 3.05) is 20.3 Å². The fraction of sp³-hybridized carbons (Fsp3) is 0.615. The molecule has 0 aromatic carbocycles. The molecule has 0 unspecified atom stereocenters. The molecule has 0 bridgehead atoms. The number of aliphatic hydroxyl groups excluding tert-OH is 1. The Bertz CT molecular complexity index is 484. The van der Waals surface area contributed by atoms with Crippen LogP contribution in [0.4, 0.5) is 0 Å². The van der Waals surface area contributed by atoms with E-state index in [0.29, 0.717) is 19.8 Å². The van der Waals surface area contributed by atoms with E-state index in [1.165, 1.54) is 0 Å². The van der Waals surface area contributed by atoms with Gasteiger partial charge in [-0.3, -0.25) is 9.69 Å². The van der Waals surface area contributed by atoms with Gasteiger partial charge in [0.05, 0.1) is 25.4 Å². The first-order valence-electron chi connectivity index (χ1n) is 6.14. The molecule has 2 atom stereocenters. The maximum absolute atomic E-state index is 11.8. The lowest BCUT2D eigenvalue weighted by Gasteiger charge is -2.25. The average molecular weight is 252 g/mol. The second kappa shape index (κ2) is 5.22. The van der Waals surface area contributed by atoms with E-state index in [9.17, 15) is 9.90 Å². The molecule has 0 spiro atoms. The lowest BCUT2D eigenvalue weighted by Crippen LogP contribution is -2.40. The highest BCUT2D eigenvalue weighted by molar-refractivity contribution is 5.23. The van der Waals surface area contributed by atoms with Crippen LogP contribution in [0.15, 0.2) is 11.0 Å². The van der Waals surface area contributed by atoms with E-state index in [4.69, 9.17) is 4.74 Å². The molecule has 5 heteroatoms. The largest absolute Gasteiger partial charge is 0.389 e. The van der Waals surface area contributed by atoms with Crippen LogP contribution in [-0.4, -0.2) is 47.4 Å². The lowest BCUT2D eigenvalue weighted by atomic mass is 10.1. The smallest absolute Gasteiger partial charge is 0.187 e. The lowest BCUT2D eigenvalue weighted by molar-refractivity contribution is 0.0918. The number of ether oxygens (including phenoxy) is 1. The third kappa shape index (κ3) is 2.48. The van der Waals surface area contributed by atoms with Crippen LogP contribution < -0.4 is 5.43 Å². The number of nitrogens with zero attached hydrogens (tertiary/aromatic N) is 1. The molecule has 2 heterocycles. The van der Waals surface area contributed by atoms with Crippen molar-refractivity contribution in [2.24, 2.45) is 0 Å². The molecular weight excluding hydrogens is 232 g/mol. The Labute approximate surface area is 106 Å². The van der Waals surface area contributed by atoms with Crippen molar-refractivity contribution >= 4 is 0 Å². The first-order valence-corrected chi connectivity index (χ1v) is 6.14. The van der Waals surface area contributed by atoms with Gasteiger partial charge in [-0.1, -0.05) is 0 Å². The molecule has 0 aliphatic carbocycles. The molecule has 0 saturated carbocycles. The van der Waals surface area contributed by atoms with Crippen LogP contribution in [0, 0.1) is 13.8 Å². The molecule has 1 fully saturated rings. The Morgan fingerprint density at radius 1 is 1.50 bits per heavy atom. The minimum absolute atomic E-state index is 0.00537. The number of aromatic nitrogens is 1. The molecule has 1 aromatic heterocycles. The van der Waals surface area contributed by atoms with E-state index >= 15 is 0 Å². The van der Waals surface area contributed by atoms with Crippen LogP contribution >= 0.6 is 0 Å². The van der Waals surface area contributed by atoms with Crippen molar-refractivity contribution in [2.45, 2.75) is 32.5 Å². The minimum atomic E-state index is -0.451. The summed E-state index contributed by atoms with van der Waals surface area (Å²) >= 11 is 0. The Morgan fingerprint density at radius 2 is 2.22 bits per heavy atom. The third-order valence-electron chi connectivity index (χ3n) is 3.61. The quantitative estimate of drug-likeness (QED) is 0.805. The molecule has 100 valence electrons. The van der Waals surface area contributed by atoms with Gasteiger partial charge in [0.1, 0.15) is 0 Å². The van der Waals surface area contributed by atoms with E-state index in [1.54, 1.807) is 13.1 Å². The first-order chi connectivity index (χ1) is 8.50. The zero-order valence-corrected chi connectivity index (χ0v) is 11.1. The summed E-state index contributed by atoms with van der Waals surface area (Å²) in [6.07, 6.45) is 1.28. The summed E-state index contributed by atoms with van der Waals surface area (Å²) in [5.74, 6) is 0. The van der Waals surface area contributed by atoms with E-state index in [2.05, 4.69) is 4.98 Å². The Balaban J connectivity index is 2.14. The van der Waals surface area contributed by atoms with E-state index in [0.717, 1.165) is 16.8 Å². The summed E-state index contributed by atoms with van der Waals surface area (Å²) in [5.41, 5.74) is 2.45. The molecule has 0 amide bonds. The highest BCUT2D eigenvalue weighted by atomic mass is 16.5. The molecule has 1 aliphatic heterocycles. The molecule has 1 aromatic rings. The van der Waals surface area contributed by atoms with Gasteiger partial charge in [0.15, 0.2) is 5.43 Å². The molecular formula is C13H20N2O3. The van der Waals surface area contributed by atoms with Crippen molar-refractivity contribution in [1.82, 2.24) is 9.88 Å². The number of hydrogen-bond acceptors (Lipinski definition) is 4. The Kier molecular flexibility index (Phi) is 3.85. The zero-order valence-electron chi connectivity index (χ0n) is 11.1. The summed E-state index contributed by atoms with van der Waals surface area (Å²) in [6.45, 7) is 5.15. The van der Waals surface area contributed by atoms with E-state index in [1.807, 2.05) is 18.9 Å². The molecule has 1 saturated heterocycles. The molecule has 0 radical (unpaired) electrons. The van der Waals surface area contributed by atoms with Gasteiger partial charge in [0.25, 0.3) is 0 Å². The predicted octanol–water partition coefficient (Wildman–Crippen LogP) is 0.183. The number of aryl methyl sites for hydroxylation is 1. The fourth-order valence-electron chi connectivity index (χ4n) is 2.29. The van der Waals surface area contributed by atoms with Gasteiger partial charge in [0, 0.05) is 29.6 Å². The average Bonchev–Trinajstić information content (AvgIpc) is 2.76. The summed E-state index contributed by atoms with van der Waals surface area (Å²) < 4.78 is 5.24. The first kappa shape index (κ1) is 13.3. The maximum Gasteiger partial charge on any atom is 0.187 e. The van der Waals surface area contributed by atoms with Crippen LogP contribution in [0.5, 0.6) is 0 Å². The van der Waals surface area contributed by atoms with Crippen LogP contribution in [-0.2, 0) is 11.3 Å². The van der Waals surface area contributed by atoms with Crippen LogP contribution in [0.25, 0.3) is 0 Å². The van der Waals surface area contributed by atoms with E-state index in [-0.39, 0.29) is 11.5 Å². The van der Waals surface area contributed by atoms with Crippen molar-refractivity contribution in [3.8, 4) is 0 Å².